The van der Waals surface area contributed by atoms with Crippen LogP contribution in [0.15, 0.2) is 18.2 Å². The van der Waals surface area contributed by atoms with Crippen LogP contribution in [0.2, 0.25) is 0 Å². The summed E-state index contributed by atoms with van der Waals surface area (Å²) in [6.07, 6.45) is 2.26. The fourth-order valence-electron chi connectivity index (χ4n) is 3.15. The van der Waals surface area contributed by atoms with Gasteiger partial charge in [0.2, 0.25) is 0 Å². The van der Waals surface area contributed by atoms with Crippen LogP contribution in [-0.4, -0.2) is 48.0 Å². The Kier molecular flexibility index (Phi) is 7.00. The predicted molar refractivity (Wildman–Crippen MR) is 97.3 cm³/mol. The normalized spacial score (nSPS) is 17.2. The number of carboxylic acids is 1. The van der Waals surface area contributed by atoms with Crippen LogP contribution < -0.4 is 4.74 Å². The highest BCUT2D eigenvalue weighted by atomic mass is 16.5. The molecule has 1 unspecified atom stereocenters. The molecule has 0 saturated carbocycles. The van der Waals surface area contributed by atoms with Crippen molar-refractivity contribution in [1.82, 2.24) is 4.90 Å². The summed E-state index contributed by atoms with van der Waals surface area (Å²) in [5.74, 6) is 0.125. The smallest absolute Gasteiger partial charge is 0.306 e. The lowest BCUT2D eigenvalue weighted by atomic mass is 9.94. The van der Waals surface area contributed by atoms with E-state index in [9.17, 15) is 9.59 Å². The van der Waals surface area contributed by atoms with Crippen molar-refractivity contribution in [2.24, 2.45) is 11.8 Å². The van der Waals surface area contributed by atoms with Crippen molar-refractivity contribution in [1.29, 1.82) is 0 Å². The van der Waals surface area contributed by atoms with Crippen LogP contribution >= 0.6 is 0 Å². The highest BCUT2D eigenvalue weighted by molar-refractivity contribution is 5.99. The molecule has 0 aliphatic carbocycles. The van der Waals surface area contributed by atoms with Gasteiger partial charge in [-0.05, 0) is 63.0 Å². The van der Waals surface area contributed by atoms with Gasteiger partial charge in [-0.15, -0.1) is 0 Å². The molecule has 0 radical (unpaired) electrons. The zero-order chi connectivity index (χ0) is 18.4. The third kappa shape index (κ3) is 5.30. The zero-order valence-corrected chi connectivity index (χ0v) is 15.5. The minimum Gasteiger partial charge on any atom is -0.492 e. The fraction of sp³-hybridized carbons (Fsp3) is 0.600. The summed E-state index contributed by atoms with van der Waals surface area (Å²) in [5.41, 5.74) is 1.72. The molecular formula is C20H29NO4. The number of rotatable bonds is 8. The molecule has 1 heterocycles. The second-order valence-corrected chi connectivity index (χ2v) is 6.95. The van der Waals surface area contributed by atoms with Gasteiger partial charge in [-0.25, -0.2) is 0 Å². The predicted octanol–water partition coefficient (Wildman–Crippen LogP) is 3.40. The molecule has 0 amide bonds. The Balaban J connectivity index is 1.81. The third-order valence-corrected chi connectivity index (χ3v) is 5.14. The van der Waals surface area contributed by atoms with Crippen molar-refractivity contribution in [2.75, 3.05) is 26.2 Å². The van der Waals surface area contributed by atoms with E-state index in [0.717, 1.165) is 42.9 Å². The van der Waals surface area contributed by atoms with Crippen molar-refractivity contribution >= 4 is 11.8 Å². The number of carbonyl (C=O) groups excluding carboxylic acids is 1. The molecule has 1 atom stereocenters. The lowest BCUT2D eigenvalue weighted by molar-refractivity contribution is -0.143. The Morgan fingerprint density at radius 3 is 2.56 bits per heavy atom. The number of hydrogen-bond donors (Lipinski definition) is 1. The molecule has 25 heavy (non-hydrogen) atoms. The van der Waals surface area contributed by atoms with Gasteiger partial charge in [0.1, 0.15) is 12.4 Å². The van der Waals surface area contributed by atoms with E-state index in [0.29, 0.717) is 19.4 Å². The number of carboxylic acid groups (broad SMARTS) is 1. The Morgan fingerprint density at radius 2 is 2.00 bits per heavy atom. The van der Waals surface area contributed by atoms with Crippen molar-refractivity contribution in [3.05, 3.63) is 29.3 Å². The molecule has 1 saturated heterocycles. The van der Waals surface area contributed by atoms with Crippen LogP contribution in [0.3, 0.4) is 0 Å². The van der Waals surface area contributed by atoms with E-state index < -0.39 is 5.97 Å². The second-order valence-electron chi connectivity index (χ2n) is 6.95. The molecule has 5 nitrogen and oxygen atoms in total. The molecule has 1 aromatic carbocycles. The van der Waals surface area contributed by atoms with Gasteiger partial charge in [0.25, 0.3) is 0 Å². The molecule has 1 aliphatic rings. The van der Waals surface area contributed by atoms with Crippen molar-refractivity contribution in [3.63, 3.8) is 0 Å². The lowest BCUT2D eigenvalue weighted by Gasteiger charge is -2.29. The SMILES string of the molecule is CCC(C)C(=O)c1ccc(OCCN2CCC(C(=O)O)CC2)cc1C. The number of aryl methyl sites for hydroxylation is 1. The lowest BCUT2D eigenvalue weighted by Crippen LogP contribution is -2.38. The van der Waals surface area contributed by atoms with Crippen molar-refractivity contribution < 1.29 is 19.4 Å². The van der Waals surface area contributed by atoms with Crippen LogP contribution in [0.1, 0.15) is 49.0 Å². The van der Waals surface area contributed by atoms with Gasteiger partial charge in [0, 0.05) is 18.0 Å². The third-order valence-electron chi connectivity index (χ3n) is 5.14. The molecule has 1 aliphatic heterocycles. The molecular weight excluding hydrogens is 318 g/mol. The second kappa shape index (κ2) is 8.99. The molecule has 1 fully saturated rings. The summed E-state index contributed by atoms with van der Waals surface area (Å²) in [5, 5.41) is 9.02. The van der Waals surface area contributed by atoms with E-state index in [1.165, 1.54) is 0 Å². The Labute approximate surface area is 150 Å². The average Bonchev–Trinajstić information content (AvgIpc) is 2.61. The van der Waals surface area contributed by atoms with E-state index >= 15 is 0 Å². The standard InChI is InChI=1S/C20H29NO4/c1-4-14(2)19(22)18-6-5-17(13-15(18)3)25-12-11-21-9-7-16(8-10-21)20(23)24/h5-6,13-14,16H,4,7-12H2,1-3H3,(H,23,24). The quantitative estimate of drug-likeness (QED) is 0.730. The van der Waals surface area contributed by atoms with Crippen molar-refractivity contribution in [2.45, 2.75) is 40.0 Å². The van der Waals surface area contributed by atoms with Crippen LogP contribution in [0.4, 0.5) is 0 Å². The number of piperidine rings is 1. The van der Waals surface area contributed by atoms with Crippen LogP contribution in [0.25, 0.3) is 0 Å². The molecule has 1 aromatic rings. The van der Waals surface area contributed by atoms with E-state index in [4.69, 9.17) is 9.84 Å². The molecule has 0 aromatic heterocycles. The van der Waals surface area contributed by atoms with Gasteiger partial charge >= 0.3 is 5.97 Å². The first kappa shape index (κ1) is 19.4. The van der Waals surface area contributed by atoms with Crippen molar-refractivity contribution in [3.8, 4) is 5.75 Å². The number of carbonyl (C=O) groups is 2. The van der Waals surface area contributed by atoms with Gasteiger partial charge < -0.3 is 9.84 Å². The number of nitrogens with zero attached hydrogens (tertiary/aromatic N) is 1. The molecule has 2 rings (SSSR count). The molecule has 5 heteroatoms. The molecule has 138 valence electrons. The maximum Gasteiger partial charge on any atom is 0.306 e. The number of likely N-dealkylation sites (tertiary alicyclic amines) is 1. The van der Waals surface area contributed by atoms with E-state index in [-0.39, 0.29) is 17.6 Å². The molecule has 1 N–H and O–H groups in total. The monoisotopic (exact) mass is 347 g/mol. The first-order valence-corrected chi connectivity index (χ1v) is 9.15. The van der Waals surface area contributed by atoms with E-state index in [2.05, 4.69) is 4.90 Å². The summed E-state index contributed by atoms with van der Waals surface area (Å²) in [7, 11) is 0. The number of Topliss-reactive ketones (excluding diaryl/α,β-unsaturated/α-hetero) is 1. The summed E-state index contributed by atoms with van der Waals surface area (Å²) in [4.78, 5) is 25.5. The van der Waals surface area contributed by atoms with E-state index in [1.807, 2.05) is 39.0 Å². The number of benzene rings is 1. The maximum atomic E-state index is 12.3. The Morgan fingerprint density at radius 1 is 1.32 bits per heavy atom. The topological polar surface area (TPSA) is 66.8 Å². The van der Waals surface area contributed by atoms with Crippen LogP contribution in [-0.2, 0) is 4.79 Å². The summed E-state index contributed by atoms with van der Waals surface area (Å²) in [6.45, 7) is 8.89. The highest BCUT2D eigenvalue weighted by Gasteiger charge is 2.24. The molecule has 0 spiro atoms. The van der Waals surface area contributed by atoms with Crippen LogP contribution in [0.5, 0.6) is 5.75 Å². The summed E-state index contributed by atoms with van der Waals surface area (Å²) >= 11 is 0. The van der Waals surface area contributed by atoms with Gasteiger partial charge in [0.15, 0.2) is 5.78 Å². The first-order chi connectivity index (χ1) is 11.9. The fourth-order valence-corrected chi connectivity index (χ4v) is 3.15. The molecule has 0 bridgehead atoms. The van der Waals surface area contributed by atoms with Crippen LogP contribution in [0, 0.1) is 18.8 Å². The minimum absolute atomic E-state index is 0.0409. The van der Waals surface area contributed by atoms with Gasteiger partial charge in [-0.3, -0.25) is 14.5 Å². The number of ether oxygens (including phenoxy) is 1. The largest absolute Gasteiger partial charge is 0.492 e. The van der Waals surface area contributed by atoms with Gasteiger partial charge in [-0.1, -0.05) is 13.8 Å². The first-order valence-electron chi connectivity index (χ1n) is 9.15. The zero-order valence-electron chi connectivity index (χ0n) is 15.5. The average molecular weight is 347 g/mol. The highest BCUT2D eigenvalue weighted by Crippen LogP contribution is 2.21. The Hall–Kier alpha value is -1.88. The number of ketones is 1. The van der Waals surface area contributed by atoms with Gasteiger partial charge in [0.05, 0.1) is 5.92 Å². The number of hydrogen-bond acceptors (Lipinski definition) is 4. The number of aliphatic carboxylic acids is 1. The Bertz CT molecular complexity index is 606. The minimum atomic E-state index is -0.682. The maximum absolute atomic E-state index is 12.3. The van der Waals surface area contributed by atoms with E-state index in [1.54, 1.807) is 0 Å². The summed E-state index contributed by atoms with van der Waals surface area (Å²) < 4.78 is 5.82. The summed E-state index contributed by atoms with van der Waals surface area (Å²) in [6, 6.07) is 5.64. The van der Waals surface area contributed by atoms with Gasteiger partial charge in [-0.2, -0.15) is 0 Å².